The number of hydrogen-bond acceptors (Lipinski definition) is 3. The molecule has 2 nitrogen and oxygen atoms in total. The fraction of sp³-hybridized carbons (Fsp3) is 0.571. The van der Waals surface area contributed by atoms with Crippen LogP contribution in [-0.2, 0) is 11.2 Å². The van der Waals surface area contributed by atoms with Crippen LogP contribution in [0.25, 0.3) is 0 Å². The molecule has 0 saturated carbocycles. The van der Waals surface area contributed by atoms with Crippen LogP contribution in [-0.4, -0.2) is 36.8 Å². The number of rotatable bonds is 5. The molecule has 1 aromatic rings. The molecule has 4 heteroatoms. The average Bonchev–Trinajstić information content (AvgIpc) is 2.42. The van der Waals surface area contributed by atoms with Crippen molar-refractivity contribution in [1.82, 2.24) is 5.32 Å². The Balaban J connectivity index is 1.98. The van der Waals surface area contributed by atoms with Gasteiger partial charge in [-0.15, -0.1) is 0 Å². The monoisotopic (exact) mass is 329 g/mol. The van der Waals surface area contributed by atoms with Crippen LogP contribution < -0.4 is 5.32 Å². The summed E-state index contributed by atoms with van der Waals surface area (Å²) in [6.07, 6.45) is 1.37. The Morgan fingerprint density at radius 3 is 2.83 bits per heavy atom. The quantitative estimate of drug-likeness (QED) is 0.896. The van der Waals surface area contributed by atoms with Crippen LogP contribution in [0.4, 0.5) is 0 Å². The van der Waals surface area contributed by atoms with Crippen molar-refractivity contribution >= 4 is 27.7 Å². The lowest BCUT2D eigenvalue weighted by Crippen LogP contribution is -2.46. The zero-order valence-electron chi connectivity index (χ0n) is 10.7. The van der Waals surface area contributed by atoms with E-state index in [-0.39, 0.29) is 0 Å². The standard InChI is InChI=1S/C14H20BrNOS/c1-2-16-13(14-10-18-8-7-17-14)9-11-3-5-12(15)6-4-11/h3-6,13-14,16H,2,7-10H2,1H3. The predicted octanol–water partition coefficient (Wildman–Crippen LogP) is 3.10. The number of hydrogen-bond donors (Lipinski definition) is 1. The van der Waals surface area contributed by atoms with Crippen molar-refractivity contribution in [2.45, 2.75) is 25.5 Å². The summed E-state index contributed by atoms with van der Waals surface area (Å²) in [6.45, 7) is 4.04. The second-order valence-corrected chi connectivity index (χ2v) is 6.54. The Morgan fingerprint density at radius 2 is 2.22 bits per heavy atom. The topological polar surface area (TPSA) is 21.3 Å². The van der Waals surface area contributed by atoms with Crippen LogP contribution in [0.5, 0.6) is 0 Å². The van der Waals surface area contributed by atoms with Crippen molar-refractivity contribution < 1.29 is 4.74 Å². The maximum atomic E-state index is 5.90. The van der Waals surface area contributed by atoms with Gasteiger partial charge >= 0.3 is 0 Å². The highest BCUT2D eigenvalue weighted by atomic mass is 79.9. The molecule has 0 spiro atoms. The van der Waals surface area contributed by atoms with Gasteiger partial charge in [-0.3, -0.25) is 0 Å². The highest BCUT2D eigenvalue weighted by Crippen LogP contribution is 2.19. The first-order valence-corrected chi connectivity index (χ1v) is 8.41. The maximum Gasteiger partial charge on any atom is 0.0821 e. The molecule has 2 unspecified atom stereocenters. The normalized spacial score (nSPS) is 21.8. The molecule has 1 heterocycles. The molecular formula is C14H20BrNOS. The molecule has 0 bridgehead atoms. The third kappa shape index (κ3) is 4.26. The number of ether oxygens (including phenoxy) is 1. The van der Waals surface area contributed by atoms with E-state index in [4.69, 9.17) is 4.74 Å². The highest BCUT2D eigenvalue weighted by Gasteiger charge is 2.24. The van der Waals surface area contributed by atoms with Gasteiger partial charge in [0.1, 0.15) is 0 Å². The average molecular weight is 330 g/mol. The summed E-state index contributed by atoms with van der Waals surface area (Å²) < 4.78 is 7.03. The lowest BCUT2D eigenvalue weighted by molar-refractivity contribution is 0.0476. The van der Waals surface area contributed by atoms with Crippen LogP contribution in [0.1, 0.15) is 12.5 Å². The van der Waals surface area contributed by atoms with E-state index in [0.29, 0.717) is 12.1 Å². The molecule has 2 atom stereocenters. The molecule has 1 N–H and O–H groups in total. The number of likely N-dealkylation sites (N-methyl/N-ethyl adjacent to an activating group) is 1. The molecule has 2 rings (SSSR count). The van der Waals surface area contributed by atoms with Crippen molar-refractivity contribution in [3.63, 3.8) is 0 Å². The van der Waals surface area contributed by atoms with Crippen LogP contribution in [0, 0.1) is 0 Å². The first-order valence-electron chi connectivity index (χ1n) is 6.46. The highest BCUT2D eigenvalue weighted by molar-refractivity contribution is 9.10. The minimum absolute atomic E-state index is 0.340. The van der Waals surface area contributed by atoms with Gasteiger partial charge < -0.3 is 10.1 Å². The van der Waals surface area contributed by atoms with Crippen molar-refractivity contribution in [1.29, 1.82) is 0 Å². The van der Waals surface area contributed by atoms with E-state index in [1.165, 1.54) is 5.56 Å². The summed E-state index contributed by atoms with van der Waals surface area (Å²) in [5.41, 5.74) is 1.36. The molecule has 1 aromatic carbocycles. The molecule has 1 fully saturated rings. The summed E-state index contributed by atoms with van der Waals surface area (Å²) in [6, 6.07) is 9.00. The fourth-order valence-corrected chi connectivity index (χ4v) is 3.42. The smallest absolute Gasteiger partial charge is 0.0821 e. The first-order chi connectivity index (χ1) is 8.79. The second kappa shape index (κ2) is 7.53. The second-order valence-electron chi connectivity index (χ2n) is 4.48. The molecule has 0 aromatic heterocycles. The van der Waals surface area contributed by atoms with Gasteiger partial charge in [0.05, 0.1) is 12.7 Å². The van der Waals surface area contributed by atoms with Crippen molar-refractivity contribution in [3.8, 4) is 0 Å². The van der Waals surface area contributed by atoms with Gasteiger partial charge in [0.2, 0.25) is 0 Å². The van der Waals surface area contributed by atoms with E-state index >= 15 is 0 Å². The Morgan fingerprint density at radius 1 is 1.44 bits per heavy atom. The van der Waals surface area contributed by atoms with E-state index in [9.17, 15) is 0 Å². The summed E-state index contributed by atoms with van der Waals surface area (Å²) in [7, 11) is 0. The molecule has 1 aliphatic rings. The van der Waals surface area contributed by atoms with E-state index in [2.05, 4.69) is 52.4 Å². The first kappa shape index (κ1) is 14.4. The molecule has 0 amide bonds. The van der Waals surface area contributed by atoms with Crippen molar-refractivity contribution in [2.75, 3.05) is 24.7 Å². The van der Waals surface area contributed by atoms with Gasteiger partial charge in [-0.2, -0.15) is 11.8 Å². The summed E-state index contributed by atoms with van der Waals surface area (Å²) in [5, 5.41) is 3.57. The minimum atomic E-state index is 0.340. The lowest BCUT2D eigenvalue weighted by atomic mass is 10.0. The Hall–Kier alpha value is -0.0300. The number of benzene rings is 1. The summed E-state index contributed by atoms with van der Waals surface area (Å²) in [5.74, 6) is 2.24. The third-order valence-corrected chi connectivity index (χ3v) is 4.67. The number of halogens is 1. The molecule has 0 radical (unpaired) electrons. The van der Waals surface area contributed by atoms with Gasteiger partial charge in [-0.05, 0) is 30.7 Å². The maximum absolute atomic E-state index is 5.90. The molecule has 100 valence electrons. The molecular weight excluding hydrogens is 310 g/mol. The number of nitrogens with one attached hydrogen (secondary N) is 1. The predicted molar refractivity (Wildman–Crippen MR) is 82.4 cm³/mol. The van der Waals surface area contributed by atoms with Gasteiger partial charge in [0.25, 0.3) is 0 Å². The molecule has 0 aliphatic carbocycles. The summed E-state index contributed by atoms with van der Waals surface area (Å²) in [4.78, 5) is 0. The Labute approximate surface area is 122 Å². The summed E-state index contributed by atoms with van der Waals surface area (Å²) >= 11 is 5.47. The van der Waals surface area contributed by atoms with Gasteiger partial charge in [0, 0.05) is 22.0 Å². The van der Waals surface area contributed by atoms with E-state index in [1.807, 2.05) is 11.8 Å². The molecule has 18 heavy (non-hydrogen) atoms. The zero-order chi connectivity index (χ0) is 12.8. The lowest BCUT2D eigenvalue weighted by Gasteiger charge is -2.31. The number of thioether (sulfide) groups is 1. The molecule has 1 aliphatic heterocycles. The van der Waals surface area contributed by atoms with Crippen molar-refractivity contribution in [2.24, 2.45) is 0 Å². The van der Waals surface area contributed by atoms with Crippen LogP contribution in [0.15, 0.2) is 28.7 Å². The van der Waals surface area contributed by atoms with E-state index in [1.54, 1.807) is 0 Å². The van der Waals surface area contributed by atoms with Gasteiger partial charge in [-0.1, -0.05) is 35.0 Å². The Bertz CT molecular complexity index is 351. The molecule has 1 saturated heterocycles. The van der Waals surface area contributed by atoms with Crippen LogP contribution in [0.2, 0.25) is 0 Å². The third-order valence-electron chi connectivity index (χ3n) is 3.13. The zero-order valence-corrected chi connectivity index (χ0v) is 13.1. The van der Waals surface area contributed by atoms with Crippen LogP contribution in [0.3, 0.4) is 0 Å². The van der Waals surface area contributed by atoms with Gasteiger partial charge in [0.15, 0.2) is 0 Å². The van der Waals surface area contributed by atoms with E-state index in [0.717, 1.165) is 35.6 Å². The fourth-order valence-electron chi connectivity index (χ4n) is 2.21. The van der Waals surface area contributed by atoms with E-state index < -0.39 is 0 Å². The largest absolute Gasteiger partial charge is 0.375 e. The van der Waals surface area contributed by atoms with Crippen LogP contribution >= 0.6 is 27.7 Å². The van der Waals surface area contributed by atoms with Gasteiger partial charge in [-0.25, -0.2) is 0 Å². The van der Waals surface area contributed by atoms with Crippen molar-refractivity contribution in [3.05, 3.63) is 34.3 Å². The SMILES string of the molecule is CCNC(Cc1ccc(Br)cc1)C1CSCCO1. The Kier molecular flexibility index (Phi) is 6.02. The minimum Gasteiger partial charge on any atom is -0.375 e.